The maximum atomic E-state index is 12.9. The van der Waals surface area contributed by atoms with Crippen molar-refractivity contribution in [1.82, 2.24) is 0 Å². The van der Waals surface area contributed by atoms with Gasteiger partial charge in [0.2, 0.25) is 0 Å². The fraction of sp³-hybridized carbons (Fsp3) is 0.880. The van der Waals surface area contributed by atoms with Crippen molar-refractivity contribution in [3.63, 3.8) is 0 Å². The van der Waals surface area contributed by atoms with Crippen LogP contribution in [0.15, 0.2) is 11.6 Å². The molecule has 0 aromatic rings. The van der Waals surface area contributed by atoms with Crippen LogP contribution >= 0.6 is 0 Å². The Bertz CT molecular complexity index is 2100. The van der Waals surface area contributed by atoms with E-state index in [0.717, 1.165) is 32.1 Å². The second-order valence-corrected chi connectivity index (χ2v) is 24.1. The minimum atomic E-state index is -2.16. The zero-order chi connectivity index (χ0) is 52.5. The minimum absolute atomic E-state index is 0.0110. The molecule has 4 saturated carbocycles. The molecule has 21 nitrogen and oxygen atoms in total. The summed E-state index contributed by atoms with van der Waals surface area (Å²) < 4.78 is 41.7. The molecule has 71 heavy (non-hydrogen) atoms. The zero-order valence-electron chi connectivity index (χ0n) is 42.0. The van der Waals surface area contributed by atoms with E-state index in [9.17, 15) is 70.2 Å². The molecular weight excluding hydrogens is 937 g/mol. The molecule has 0 radical (unpaired) electrons. The van der Waals surface area contributed by atoms with Crippen LogP contribution in [0, 0.1) is 50.2 Å². The first kappa shape index (κ1) is 54.4. The maximum Gasteiger partial charge on any atom is 0.335 e. The molecule has 0 spiro atoms. The standard InChI is InChI=1S/C50H76O21/c1-20-28(52)29(53)34(58)41(65-20)70-38-33(57)31(55)36(40(61)62)69-43(38)71-37-32(56)30(54)35(39(59)60)68-42(37)67-26-13-14-48(7)24(45(26,3)4)12-15-50(9)25(48)11-10-22-23-18-46(5,44(63)64)19-27(66-21(2)51)47(23,6)16-17-49(22,50)8/h10,20,23-38,41-43,52-58H,11-19H2,1-9H3,(H,59,60)(H,61,62)(H,63,64)/t20-,23-,24-,25+,26-,27+,28-,29+,30-,31-,32-,33-,34+,35-,36-,37+,38+,41-,42+,43-,46+,47+,48-,49+,50+/m0/s1. The number of carboxylic acid groups (broad SMARTS) is 3. The molecule has 0 aromatic carbocycles. The highest BCUT2D eigenvalue weighted by molar-refractivity contribution is 5.75. The molecule has 8 aliphatic rings. The first-order valence-corrected chi connectivity index (χ1v) is 25.1. The molecule has 0 amide bonds. The van der Waals surface area contributed by atoms with Gasteiger partial charge >= 0.3 is 23.9 Å². The Morgan fingerprint density at radius 2 is 1.15 bits per heavy atom. The number of fused-ring (bicyclic) bond motifs is 7. The van der Waals surface area contributed by atoms with Crippen LogP contribution in [0.5, 0.6) is 0 Å². The van der Waals surface area contributed by atoms with Crippen molar-refractivity contribution in [2.45, 2.75) is 224 Å². The third-order valence-corrected chi connectivity index (χ3v) is 19.9. The summed E-state index contributed by atoms with van der Waals surface area (Å²) in [6.07, 6.45) is -21.8. The number of ether oxygens (including phenoxy) is 7. The molecule has 5 aliphatic carbocycles. The summed E-state index contributed by atoms with van der Waals surface area (Å²) in [7, 11) is 0. The van der Waals surface area contributed by atoms with E-state index in [-0.39, 0.29) is 40.4 Å². The van der Waals surface area contributed by atoms with E-state index < -0.39 is 144 Å². The molecule has 3 heterocycles. The summed E-state index contributed by atoms with van der Waals surface area (Å²) in [5, 5.41) is 107. The number of hydrogen-bond acceptors (Lipinski definition) is 18. The van der Waals surface area contributed by atoms with Crippen molar-refractivity contribution < 1.29 is 103 Å². The Balaban J connectivity index is 1.07. The van der Waals surface area contributed by atoms with Gasteiger partial charge in [0.15, 0.2) is 31.1 Å². The SMILES string of the molecule is CC(=O)O[C@@H]1C[C@](C)(C(=O)O)C[C@H]2C3=CC[C@@H]4[C@@]5(C)CC[C@H](O[C@@H]6O[C@H](C(=O)O)[C@@H](O)[C@H](O)[C@H]6O[C@@H]6O[C@H](C(=O)O)[C@@H](O)[C@H](O)[C@H]6O[C@@H]6O[C@@H](C)[C@H](O)[C@@H](O)[C@H]6O)C(C)(C)[C@@H]5CC[C@@]4(C)[C@]3(C)CC[C@@]12C. The third-order valence-electron chi connectivity index (χ3n) is 19.9. The van der Waals surface area contributed by atoms with E-state index in [1.807, 2.05) is 0 Å². The molecule has 25 atom stereocenters. The first-order valence-electron chi connectivity index (χ1n) is 25.1. The molecule has 3 saturated heterocycles. The number of aliphatic carboxylic acids is 3. The lowest BCUT2D eigenvalue weighted by atomic mass is 9.33. The van der Waals surface area contributed by atoms with Gasteiger partial charge in [-0.2, -0.15) is 0 Å². The predicted octanol–water partition coefficient (Wildman–Crippen LogP) is 1.46. The van der Waals surface area contributed by atoms with Crippen LogP contribution in [0.4, 0.5) is 0 Å². The van der Waals surface area contributed by atoms with E-state index in [1.165, 1.54) is 19.4 Å². The van der Waals surface area contributed by atoms with Crippen molar-refractivity contribution in [2.75, 3.05) is 0 Å². The zero-order valence-corrected chi connectivity index (χ0v) is 42.0. The van der Waals surface area contributed by atoms with Gasteiger partial charge in [-0.3, -0.25) is 9.59 Å². The summed E-state index contributed by atoms with van der Waals surface area (Å²) in [5.41, 5.74) is -1.76. The van der Waals surface area contributed by atoms with Gasteiger partial charge in [0.05, 0.1) is 17.6 Å². The Morgan fingerprint density at radius 1 is 0.592 bits per heavy atom. The van der Waals surface area contributed by atoms with Gasteiger partial charge in [-0.15, -0.1) is 0 Å². The quantitative estimate of drug-likeness (QED) is 0.0841. The summed E-state index contributed by atoms with van der Waals surface area (Å²) in [5.74, 6) is -4.64. The van der Waals surface area contributed by atoms with Gasteiger partial charge in [0.25, 0.3) is 0 Å². The van der Waals surface area contributed by atoms with Gasteiger partial charge in [0, 0.05) is 18.8 Å². The van der Waals surface area contributed by atoms with Crippen molar-refractivity contribution in [3.05, 3.63) is 11.6 Å². The number of hydrogen-bond donors (Lipinski definition) is 10. The molecule has 10 N–H and O–H groups in total. The highest BCUT2D eigenvalue weighted by atomic mass is 16.8. The van der Waals surface area contributed by atoms with Crippen LogP contribution in [0.2, 0.25) is 0 Å². The average molecular weight is 1010 g/mol. The Kier molecular flexibility index (Phi) is 14.3. The van der Waals surface area contributed by atoms with E-state index in [0.29, 0.717) is 19.3 Å². The highest BCUT2D eigenvalue weighted by Crippen LogP contribution is 2.76. The van der Waals surface area contributed by atoms with Crippen molar-refractivity contribution >= 4 is 23.9 Å². The number of carbonyl (C=O) groups excluding carboxylic acids is 1. The van der Waals surface area contributed by atoms with E-state index in [2.05, 4.69) is 47.6 Å². The predicted molar refractivity (Wildman–Crippen MR) is 241 cm³/mol. The summed E-state index contributed by atoms with van der Waals surface area (Å²) in [4.78, 5) is 50.1. The Hall–Kier alpha value is -2.90. The topological polar surface area (TPSA) is 335 Å². The molecular formula is C50H76O21. The summed E-state index contributed by atoms with van der Waals surface area (Å²) in [6.45, 7) is 17.8. The monoisotopic (exact) mass is 1010 g/mol. The number of aliphatic hydroxyl groups excluding tert-OH is 7. The fourth-order valence-electron chi connectivity index (χ4n) is 15.4. The van der Waals surface area contributed by atoms with Crippen molar-refractivity contribution in [3.8, 4) is 0 Å². The number of allylic oxidation sites excluding steroid dienone is 2. The third kappa shape index (κ3) is 8.58. The van der Waals surface area contributed by atoms with Gasteiger partial charge < -0.3 is 84.2 Å². The second-order valence-electron chi connectivity index (χ2n) is 24.1. The largest absolute Gasteiger partial charge is 0.481 e. The smallest absolute Gasteiger partial charge is 0.335 e. The number of esters is 1. The summed E-state index contributed by atoms with van der Waals surface area (Å²) >= 11 is 0. The van der Waals surface area contributed by atoms with Crippen LogP contribution in [-0.2, 0) is 52.3 Å². The molecule has 3 aliphatic heterocycles. The number of aliphatic hydroxyl groups is 7. The number of rotatable bonds is 10. The Morgan fingerprint density at radius 3 is 1.70 bits per heavy atom. The van der Waals surface area contributed by atoms with Crippen molar-refractivity contribution in [1.29, 1.82) is 0 Å². The first-order chi connectivity index (χ1) is 32.9. The molecule has 7 fully saturated rings. The average Bonchev–Trinajstić information content (AvgIpc) is 3.28. The van der Waals surface area contributed by atoms with Crippen LogP contribution in [0.1, 0.15) is 120 Å². The molecule has 402 valence electrons. The molecule has 0 bridgehead atoms. The van der Waals surface area contributed by atoms with E-state index in [4.69, 9.17) is 33.2 Å². The van der Waals surface area contributed by atoms with Gasteiger partial charge in [-0.25, -0.2) is 9.59 Å². The highest BCUT2D eigenvalue weighted by Gasteiger charge is 2.70. The molecule has 0 aromatic heterocycles. The van der Waals surface area contributed by atoms with Crippen LogP contribution in [-0.4, -0.2) is 179 Å². The summed E-state index contributed by atoms with van der Waals surface area (Å²) in [6, 6.07) is 0. The lowest BCUT2D eigenvalue weighted by molar-refractivity contribution is -0.392. The Labute approximate surface area is 412 Å². The van der Waals surface area contributed by atoms with Crippen LogP contribution in [0.25, 0.3) is 0 Å². The second kappa shape index (κ2) is 18.7. The van der Waals surface area contributed by atoms with Gasteiger partial charge in [-0.1, -0.05) is 53.2 Å². The van der Waals surface area contributed by atoms with Gasteiger partial charge in [-0.05, 0) is 105 Å². The molecule has 8 rings (SSSR count). The van der Waals surface area contributed by atoms with Gasteiger partial charge in [0.1, 0.15) is 61.0 Å². The number of carbonyl (C=O) groups is 4. The number of carboxylic acids is 3. The van der Waals surface area contributed by atoms with E-state index >= 15 is 0 Å². The lowest BCUT2D eigenvalue weighted by Gasteiger charge is -2.71. The lowest BCUT2D eigenvalue weighted by Crippen LogP contribution is -2.68. The van der Waals surface area contributed by atoms with Crippen LogP contribution in [0.3, 0.4) is 0 Å². The van der Waals surface area contributed by atoms with Crippen LogP contribution < -0.4 is 0 Å². The van der Waals surface area contributed by atoms with Crippen molar-refractivity contribution in [2.24, 2.45) is 50.2 Å². The van der Waals surface area contributed by atoms with E-state index in [1.54, 1.807) is 6.92 Å². The fourth-order valence-corrected chi connectivity index (χ4v) is 15.4. The molecule has 21 heteroatoms. The normalized spacial score (nSPS) is 52.6. The minimum Gasteiger partial charge on any atom is -0.481 e. The maximum absolute atomic E-state index is 12.9. The molecule has 0 unspecified atom stereocenters.